The van der Waals surface area contributed by atoms with Crippen molar-refractivity contribution in [3.05, 3.63) is 88.7 Å². The Morgan fingerprint density at radius 2 is 1.86 bits per heavy atom. The van der Waals surface area contributed by atoms with Gasteiger partial charge in [0, 0.05) is 18.5 Å². The molecule has 148 valence electrons. The molecule has 0 bridgehead atoms. The fraction of sp³-hybridized carbons (Fsp3) is 0.190. The number of halogens is 2. The van der Waals surface area contributed by atoms with Gasteiger partial charge in [-0.1, -0.05) is 30.3 Å². The number of carbonyl (C=O) groups excluding carboxylic acids is 2. The number of nitrogens with one attached hydrogen (secondary N) is 2. The lowest BCUT2D eigenvalue weighted by Crippen LogP contribution is -2.36. The Balaban J connectivity index is 1.38. The molecule has 1 aromatic heterocycles. The second kappa shape index (κ2) is 7.83. The highest BCUT2D eigenvalue weighted by molar-refractivity contribution is 5.96. The molecule has 2 aromatic carbocycles. The number of benzene rings is 2. The largest absolute Gasteiger partial charge is 0.348 e. The van der Waals surface area contributed by atoms with Gasteiger partial charge in [-0.3, -0.25) is 14.3 Å². The van der Waals surface area contributed by atoms with E-state index in [0.717, 1.165) is 23.4 Å². The minimum Gasteiger partial charge on any atom is -0.348 e. The lowest BCUT2D eigenvalue weighted by Gasteiger charge is -2.12. The van der Waals surface area contributed by atoms with Gasteiger partial charge in [0.2, 0.25) is 0 Å². The molecule has 2 heterocycles. The minimum atomic E-state index is -1.07. The highest BCUT2D eigenvalue weighted by atomic mass is 19.2. The predicted octanol–water partition coefficient (Wildman–Crippen LogP) is 2.45. The molecular weight excluding hydrogens is 378 g/mol. The molecule has 0 radical (unpaired) electrons. The quantitative estimate of drug-likeness (QED) is 0.696. The monoisotopic (exact) mass is 396 g/mol. The number of carbonyl (C=O) groups is 2. The Bertz CT molecular complexity index is 1070. The molecule has 2 N–H and O–H groups in total. The molecule has 8 heteroatoms. The van der Waals surface area contributed by atoms with E-state index in [2.05, 4.69) is 15.7 Å². The molecule has 0 unspecified atom stereocenters. The summed E-state index contributed by atoms with van der Waals surface area (Å²) in [5.41, 5.74) is 2.22. The van der Waals surface area contributed by atoms with Gasteiger partial charge in [0.05, 0.1) is 30.0 Å². The van der Waals surface area contributed by atoms with Crippen molar-refractivity contribution < 1.29 is 18.4 Å². The summed E-state index contributed by atoms with van der Waals surface area (Å²) in [6.07, 6.45) is 1.94. The third-order valence-corrected chi connectivity index (χ3v) is 4.84. The Morgan fingerprint density at radius 1 is 1.07 bits per heavy atom. The van der Waals surface area contributed by atoms with Crippen LogP contribution in [0.1, 0.15) is 32.0 Å². The first-order chi connectivity index (χ1) is 14.0. The van der Waals surface area contributed by atoms with Crippen LogP contribution in [0.2, 0.25) is 0 Å². The van der Waals surface area contributed by atoms with E-state index >= 15 is 0 Å². The number of fused-ring (bicyclic) bond motifs is 1. The van der Waals surface area contributed by atoms with Crippen LogP contribution in [0.5, 0.6) is 0 Å². The first kappa shape index (κ1) is 18.8. The van der Waals surface area contributed by atoms with Crippen LogP contribution in [-0.2, 0) is 19.5 Å². The Morgan fingerprint density at radius 3 is 2.62 bits per heavy atom. The highest BCUT2D eigenvalue weighted by Gasteiger charge is 2.29. The van der Waals surface area contributed by atoms with Crippen LogP contribution in [0.15, 0.2) is 54.7 Å². The molecule has 1 aliphatic rings. The van der Waals surface area contributed by atoms with Crippen LogP contribution in [0.3, 0.4) is 0 Å². The van der Waals surface area contributed by atoms with Crippen molar-refractivity contribution in [2.45, 2.75) is 25.6 Å². The predicted molar refractivity (Wildman–Crippen MR) is 101 cm³/mol. The molecule has 29 heavy (non-hydrogen) atoms. The fourth-order valence-corrected chi connectivity index (χ4v) is 3.36. The smallest absolute Gasteiger partial charge is 0.255 e. The van der Waals surface area contributed by atoms with Crippen molar-refractivity contribution >= 4 is 11.8 Å². The number of amides is 2. The summed E-state index contributed by atoms with van der Waals surface area (Å²) in [4.78, 5) is 24.8. The summed E-state index contributed by atoms with van der Waals surface area (Å²) >= 11 is 0. The maximum atomic E-state index is 13.3. The van der Waals surface area contributed by atoms with E-state index in [-0.39, 0.29) is 17.5 Å². The van der Waals surface area contributed by atoms with Crippen molar-refractivity contribution in [3.8, 4) is 0 Å². The van der Waals surface area contributed by atoms with Crippen molar-refractivity contribution in [1.29, 1.82) is 0 Å². The zero-order valence-electron chi connectivity index (χ0n) is 15.4. The maximum absolute atomic E-state index is 13.3. The standard InChI is InChI=1S/C21H18F2N4O2/c22-17-7-6-14(8-18(17)23)20(28)26-15-9-19-16(11-25-27(19)12-15)21(29)24-10-13-4-2-1-3-5-13/h1-8,11,15H,9-10,12H2,(H,24,29)(H,26,28)/t15-/m0/s1. The van der Waals surface area contributed by atoms with Gasteiger partial charge >= 0.3 is 0 Å². The third kappa shape index (κ3) is 4.01. The van der Waals surface area contributed by atoms with E-state index in [9.17, 15) is 18.4 Å². The van der Waals surface area contributed by atoms with Crippen LogP contribution in [0, 0.1) is 11.6 Å². The van der Waals surface area contributed by atoms with Crippen LogP contribution in [0.4, 0.5) is 8.78 Å². The van der Waals surface area contributed by atoms with Gasteiger partial charge in [-0.15, -0.1) is 0 Å². The summed E-state index contributed by atoms with van der Waals surface area (Å²) in [6, 6.07) is 12.3. The molecule has 1 atom stereocenters. The summed E-state index contributed by atoms with van der Waals surface area (Å²) in [5.74, 6) is -2.82. The first-order valence-electron chi connectivity index (χ1n) is 9.14. The fourth-order valence-electron chi connectivity index (χ4n) is 3.36. The number of aromatic nitrogens is 2. The highest BCUT2D eigenvalue weighted by Crippen LogP contribution is 2.20. The van der Waals surface area contributed by atoms with Gasteiger partial charge < -0.3 is 10.6 Å². The normalized spacial score (nSPS) is 15.0. The van der Waals surface area contributed by atoms with Crippen LogP contribution >= 0.6 is 0 Å². The molecule has 3 aromatic rings. The Hall–Kier alpha value is -3.55. The van der Waals surface area contributed by atoms with E-state index < -0.39 is 17.5 Å². The minimum absolute atomic E-state index is 0.0364. The van der Waals surface area contributed by atoms with Gasteiger partial charge in [-0.25, -0.2) is 8.78 Å². The topological polar surface area (TPSA) is 76.0 Å². The van der Waals surface area contributed by atoms with Crippen molar-refractivity contribution in [2.75, 3.05) is 0 Å². The van der Waals surface area contributed by atoms with Gasteiger partial charge in [0.15, 0.2) is 11.6 Å². The summed E-state index contributed by atoms with van der Waals surface area (Å²) in [7, 11) is 0. The Kier molecular flexibility index (Phi) is 5.07. The third-order valence-electron chi connectivity index (χ3n) is 4.84. The first-order valence-corrected chi connectivity index (χ1v) is 9.14. The summed E-state index contributed by atoms with van der Waals surface area (Å²) in [5, 5.41) is 9.87. The second-order valence-corrected chi connectivity index (χ2v) is 6.86. The van der Waals surface area contributed by atoms with E-state index in [0.29, 0.717) is 25.1 Å². The molecule has 6 nitrogen and oxygen atoms in total. The van der Waals surface area contributed by atoms with Crippen molar-refractivity contribution in [3.63, 3.8) is 0 Å². The lowest BCUT2D eigenvalue weighted by atomic mass is 10.1. The SMILES string of the molecule is O=C(N[C@H]1Cc2c(C(=O)NCc3ccccc3)cnn2C1)c1ccc(F)c(F)c1. The van der Waals surface area contributed by atoms with Crippen LogP contribution in [-0.4, -0.2) is 27.6 Å². The maximum Gasteiger partial charge on any atom is 0.255 e. The van der Waals surface area contributed by atoms with E-state index in [1.54, 1.807) is 4.68 Å². The number of hydrogen-bond acceptors (Lipinski definition) is 3. The van der Waals surface area contributed by atoms with Gasteiger partial charge in [0.1, 0.15) is 0 Å². The van der Waals surface area contributed by atoms with Crippen LogP contribution in [0.25, 0.3) is 0 Å². The summed E-state index contributed by atoms with van der Waals surface area (Å²) < 4.78 is 28.1. The molecule has 0 saturated heterocycles. The number of hydrogen-bond donors (Lipinski definition) is 2. The Labute approximate surface area is 165 Å². The molecule has 1 aliphatic heterocycles. The molecule has 4 rings (SSSR count). The zero-order chi connectivity index (χ0) is 20.4. The lowest BCUT2D eigenvalue weighted by molar-refractivity contribution is 0.0934. The number of rotatable bonds is 5. The van der Waals surface area contributed by atoms with Crippen LogP contribution < -0.4 is 10.6 Å². The van der Waals surface area contributed by atoms with Crippen molar-refractivity contribution in [1.82, 2.24) is 20.4 Å². The van der Waals surface area contributed by atoms with E-state index in [1.807, 2.05) is 30.3 Å². The van der Waals surface area contributed by atoms with Gasteiger partial charge in [-0.05, 0) is 23.8 Å². The molecule has 0 saturated carbocycles. The summed E-state index contributed by atoms with van der Waals surface area (Å²) in [6.45, 7) is 0.803. The molecule has 0 aliphatic carbocycles. The van der Waals surface area contributed by atoms with E-state index in [4.69, 9.17) is 0 Å². The zero-order valence-corrected chi connectivity index (χ0v) is 15.4. The molecule has 0 spiro atoms. The van der Waals surface area contributed by atoms with Gasteiger partial charge in [-0.2, -0.15) is 5.10 Å². The average molecular weight is 396 g/mol. The average Bonchev–Trinajstić information content (AvgIpc) is 3.29. The van der Waals surface area contributed by atoms with E-state index in [1.165, 1.54) is 12.3 Å². The number of nitrogens with zero attached hydrogens (tertiary/aromatic N) is 2. The molecule has 2 amide bonds. The molecular formula is C21H18F2N4O2. The molecule has 0 fully saturated rings. The second-order valence-electron chi connectivity index (χ2n) is 6.86. The van der Waals surface area contributed by atoms with Gasteiger partial charge in [0.25, 0.3) is 11.8 Å². The van der Waals surface area contributed by atoms with Crippen molar-refractivity contribution in [2.24, 2.45) is 0 Å².